The van der Waals surface area contributed by atoms with Crippen LogP contribution in [-0.2, 0) is 14.8 Å². The Morgan fingerprint density at radius 3 is 2.45 bits per heavy atom. The van der Waals surface area contributed by atoms with Gasteiger partial charge in [-0.25, -0.2) is 13.8 Å². The van der Waals surface area contributed by atoms with Gasteiger partial charge in [0.25, 0.3) is 15.9 Å². The predicted octanol–water partition coefficient (Wildman–Crippen LogP) is 4.54. The maximum absolute atomic E-state index is 13.5. The number of benzene rings is 3. The summed E-state index contributed by atoms with van der Waals surface area (Å²) in [5.41, 5.74) is 4.29. The fraction of sp³-hybridized carbons (Fsp3) is 0.286. The largest absolute Gasteiger partial charge is 0.497 e. The summed E-state index contributed by atoms with van der Waals surface area (Å²) in [5.74, 6) is 1.05. The molecule has 38 heavy (non-hydrogen) atoms. The number of nitrogens with zero attached hydrogens (tertiary/aromatic N) is 2. The number of sulfonamides is 1. The average Bonchev–Trinajstić information content (AvgIpc) is 2.91. The van der Waals surface area contributed by atoms with Crippen molar-refractivity contribution in [1.82, 2.24) is 5.43 Å². The number of aryl methyl sites for hydroxylation is 1. The third-order valence-corrected chi connectivity index (χ3v) is 7.16. The van der Waals surface area contributed by atoms with Crippen molar-refractivity contribution in [3.05, 3.63) is 77.9 Å². The van der Waals surface area contributed by atoms with Gasteiger partial charge < -0.3 is 14.2 Å². The highest BCUT2D eigenvalue weighted by Gasteiger charge is 2.27. The number of hydrazone groups is 1. The minimum Gasteiger partial charge on any atom is -0.497 e. The molecule has 0 aliphatic rings. The summed E-state index contributed by atoms with van der Waals surface area (Å²) >= 11 is 0. The van der Waals surface area contributed by atoms with Crippen LogP contribution in [0.4, 0.5) is 5.69 Å². The second-order valence-electron chi connectivity index (χ2n) is 8.31. The number of carbonyl (C=O) groups excluding carboxylic acids is 1. The summed E-state index contributed by atoms with van der Waals surface area (Å²) in [6.07, 6.45) is 2.32. The number of ether oxygens (including phenoxy) is 3. The fourth-order valence-corrected chi connectivity index (χ4v) is 4.88. The predicted molar refractivity (Wildman–Crippen MR) is 148 cm³/mol. The molecule has 0 saturated heterocycles. The van der Waals surface area contributed by atoms with E-state index in [1.807, 2.05) is 20.8 Å². The maximum atomic E-state index is 13.5. The third-order valence-electron chi connectivity index (χ3n) is 5.37. The van der Waals surface area contributed by atoms with Gasteiger partial charge >= 0.3 is 0 Å². The van der Waals surface area contributed by atoms with Crippen LogP contribution in [0.2, 0.25) is 0 Å². The van der Waals surface area contributed by atoms with Gasteiger partial charge in [-0.15, -0.1) is 0 Å². The molecule has 0 unspecified atom stereocenters. The van der Waals surface area contributed by atoms with Crippen molar-refractivity contribution in [3.63, 3.8) is 0 Å². The van der Waals surface area contributed by atoms with Crippen LogP contribution in [-0.4, -0.2) is 47.4 Å². The lowest BCUT2D eigenvalue weighted by molar-refractivity contribution is -0.119. The van der Waals surface area contributed by atoms with E-state index in [1.165, 1.54) is 25.5 Å². The van der Waals surface area contributed by atoms with Crippen molar-refractivity contribution < 1.29 is 27.4 Å². The molecule has 202 valence electrons. The highest BCUT2D eigenvalue weighted by molar-refractivity contribution is 7.92. The minimum atomic E-state index is -4.06. The molecule has 0 saturated carbocycles. The Hall–Kier alpha value is -4.05. The molecule has 3 rings (SSSR count). The van der Waals surface area contributed by atoms with Gasteiger partial charge in [-0.3, -0.25) is 9.10 Å². The third kappa shape index (κ3) is 7.48. The molecule has 0 radical (unpaired) electrons. The summed E-state index contributed by atoms with van der Waals surface area (Å²) in [6.45, 7) is 6.31. The molecule has 0 fully saturated rings. The number of rotatable bonds is 13. The summed E-state index contributed by atoms with van der Waals surface area (Å²) in [6, 6.07) is 18.3. The molecule has 0 heterocycles. The number of amides is 1. The zero-order valence-corrected chi connectivity index (χ0v) is 22.8. The molecule has 3 aromatic rings. The van der Waals surface area contributed by atoms with Gasteiger partial charge in [-0.05, 0) is 68.3 Å². The molecule has 1 amide bonds. The van der Waals surface area contributed by atoms with Gasteiger partial charge in [-0.1, -0.05) is 30.7 Å². The smallest absolute Gasteiger partial charge is 0.264 e. The number of methoxy groups -OCH3 is 1. The Morgan fingerprint density at radius 1 is 1.00 bits per heavy atom. The van der Waals surface area contributed by atoms with Crippen molar-refractivity contribution in [3.8, 4) is 17.2 Å². The topological polar surface area (TPSA) is 107 Å². The van der Waals surface area contributed by atoms with E-state index in [-0.39, 0.29) is 10.6 Å². The van der Waals surface area contributed by atoms with E-state index in [4.69, 9.17) is 14.2 Å². The summed E-state index contributed by atoms with van der Waals surface area (Å²) < 4.78 is 44.7. The van der Waals surface area contributed by atoms with Crippen LogP contribution in [0.5, 0.6) is 17.2 Å². The van der Waals surface area contributed by atoms with Gasteiger partial charge in [0.15, 0.2) is 11.5 Å². The lowest BCUT2D eigenvalue weighted by atomic mass is 10.2. The normalized spacial score (nSPS) is 11.3. The van der Waals surface area contributed by atoms with Crippen molar-refractivity contribution in [2.24, 2.45) is 5.10 Å². The highest BCUT2D eigenvalue weighted by Crippen LogP contribution is 2.29. The molecule has 9 nitrogen and oxygen atoms in total. The first-order valence-corrected chi connectivity index (χ1v) is 13.7. The molecule has 10 heteroatoms. The second-order valence-corrected chi connectivity index (χ2v) is 10.2. The van der Waals surface area contributed by atoms with Crippen LogP contribution in [0, 0.1) is 6.92 Å². The Balaban J connectivity index is 1.80. The monoisotopic (exact) mass is 539 g/mol. The van der Waals surface area contributed by atoms with Crippen LogP contribution in [0.3, 0.4) is 0 Å². The number of anilines is 1. The van der Waals surface area contributed by atoms with Gasteiger partial charge in [0.05, 0.1) is 37.1 Å². The van der Waals surface area contributed by atoms with E-state index in [9.17, 15) is 13.2 Å². The van der Waals surface area contributed by atoms with Gasteiger partial charge in [-0.2, -0.15) is 5.10 Å². The molecule has 1 N–H and O–H groups in total. The summed E-state index contributed by atoms with van der Waals surface area (Å²) in [7, 11) is -2.57. The first kappa shape index (κ1) is 28.5. The van der Waals surface area contributed by atoms with E-state index in [2.05, 4.69) is 10.5 Å². The van der Waals surface area contributed by atoms with Crippen LogP contribution in [0.15, 0.2) is 76.7 Å². The number of hydrogen-bond acceptors (Lipinski definition) is 7. The van der Waals surface area contributed by atoms with E-state index in [1.54, 1.807) is 54.6 Å². The molecule has 0 aliphatic carbocycles. The van der Waals surface area contributed by atoms with E-state index < -0.39 is 22.5 Å². The lowest BCUT2D eigenvalue weighted by Gasteiger charge is -2.24. The van der Waals surface area contributed by atoms with Crippen molar-refractivity contribution in [1.29, 1.82) is 0 Å². The fourth-order valence-electron chi connectivity index (χ4n) is 3.47. The Bertz CT molecular complexity index is 1360. The zero-order valence-electron chi connectivity index (χ0n) is 22.0. The lowest BCUT2D eigenvalue weighted by Crippen LogP contribution is -2.39. The Labute approximate surface area is 224 Å². The van der Waals surface area contributed by atoms with Crippen molar-refractivity contribution >= 4 is 27.8 Å². The second kappa shape index (κ2) is 13.5. The van der Waals surface area contributed by atoms with E-state index in [0.717, 1.165) is 16.3 Å². The molecular formula is C28H33N3O6S. The van der Waals surface area contributed by atoms with Crippen LogP contribution in [0.1, 0.15) is 31.4 Å². The van der Waals surface area contributed by atoms with Gasteiger partial charge in [0, 0.05) is 6.07 Å². The Morgan fingerprint density at radius 2 is 1.76 bits per heavy atom. The quantitative estimate of drug-likeness (QED) is 0.253. The molecule has 0 atom stereocenters. The van der Waals surface area contributed by atoms with Gasteiger partial charge in [0.1, 0.15) is 12.3 Å². The number of carbonyl (C=O) groups is 1. The Kier molecular flexibility index (Phi) is 10.1. The number of nitrogens with one attached hydrogen (secondary N) is 1. The first-order chi connectivity index (χ1) is 18.3. The molecule has 3 aromatic carbocycles. The van der Waals surface area contributed by atoms with Crippen molar-refractivity contribution in [2.75, 3.05) is 31.2 Å². The molecule has 0 aliphatic heterocycles. The standard InChI is InChI=1S/C28H33N3O6S/c1-5-16-37-26-15-12-22(17-27(26)36-6-2)19-29-30-28(32)20-31(23-8-7-9-24(18-23)35-4)38(33,34)25-13-10-21(3)11-14-25/h7-15,17-19H,5-6,16,20H2,1-4H3,(H,30,32)/b29-19-. The van der Waals surface area contributed by atoms with Gasteiger partial charge in [0.2, 0.25) is 0 Å². The average molecular weight is 540 g/mol. The first-order valence-electron chi connectivity index (χ1n) is 12.2. The maximum Gasteiger partial charge on any atom is 0.264 e. The van der Waals surface area contributed by atoms with E-state index in [0.29, 0.717) is 36.0 Å². The molecule has 0 aromatic heterocycles. The summed E-state index contributed by atoms with van der Waals surface area (Å²) in [4.78, 5) is 12.9. The van der Waals surface area contributed by atoms with Crippen molar-refractivity contribution in [2.45, 2.75) is 32.1 Å². The van der Waals surface area contributed by atoms with E-state index >= 15 is 0 Å². The van der Waals surface area contributed by atoms with Crippen LogP contribution >= 0.6 is 0 Å². The summed E-state index contributed by atoms with van der Waals surface area (Å²) in [5, 5.41) is 4.01. The SMILES string of the molecule is CCCOc1ccc(/C=N\NC(=O)CN(c2cccc(OC)c2)S(=O)(=O)c2ccc(C)cc2)cc1OCC. The minimum absolute atomic E-state index is 0.0658. The van der Waals surface area contributed by atoms with Crippen LogP contribution < -0.4 is 23.9 Å². The van der Waals surface area contributed by atoms with Crippen LogP contribution in [0.25, 0.3) is 0 Å². The molecular weight excluding hydrogens is 506 g/mol. The molecule has 0 spiro atoms. The molecule has 0 bridgehead atoms. The highest BCUT2D eigenvalue weighted by atomic mass is 32.2. The zero-order chi connectivity index (χ0) is 27.5. The number of hydrogen-bond donors (Lipinski definition) is 1.